The summed E-state index contributed by atoms with van der Waals surface area (Å²) in [6.07, 6.45) is 6.49. The van der Waals surface area contributed by atoms with Crippen molar-refractivity contribution in [2.45, 2.75) is 12.8 Å². The van der Waals surface area contributed by atoms with Crippen LogP contribution in [0.2, 0.25) is 0 Å². The van der Waals surface area contributed by atoms with Gasteiger partial charge in [-0.25, -0.2) is 0 Å². The normalized spacial score (nSPS) is 26.8. The summed E-state index contributed by atoms with van der Waals surface area (Å²) in [6, 6.07) is 7.19. The van der Waals surface area contributed by atoms with Crippen LogP contribution in [0.5, 0.6) is 5.75 Å². The SMILES string of the molecule is O=C(Nc1ccc(OCC(=O)N2CCOCC2)cc1)[C@@H]1C[C@@H]2C=C[C@H]1C2. The first kappa shape index (κ1) is 17.1. The van der Waals surface area contributed by atoms with Crippen LogP contribution in [0.25, 0.3) is 0 Å². The lowest BCUT2D eigenvalue weighted by Crippen LogP contribution is -2.42. The minimum Gasteiger partial charge on any atom is -0.484 e. The molecule has 2 fully saturated rings. The maximum Gasteiger partial charge on any atom is 0.260 e. The number of fused-ring (bicyclic) bond motifs is 2. The van der Waals surface area contributed by atoms with E-state index in [-0.39, 0.29) is 24.3 Å². The Labute approximate surface area is 153 Å². The molecule has 3 aliphatic rings. The van der Waals surface area contributed by atoms with Gasteiger partial charge in [-0.15, -0.1) is 0 Å². The average molecular weight is 356 g/mol. The number of rotatable bonds is 5. The molecule has 1 aromatic carbocycles. The van der Waals surface area contributed by atoms with E-state index in [4.69, 9.17) is 9.47 Å². The van der Waals surface area contributed by atoms with Crippen LogP contribution in [-0.4, -0.2) is 49.6 Å². The van der Waals surface area contributed by atoms with Gasteiger partial charge >= 0.3 is 0 Å². The number of carbonyl (C=O) groups is 2. The Balaban J connectivity index is 1.26. The molecule has 0 radical (unpaired) electrons. The van der Waals surface area contributed by atoms with Crippen molar-refractivity contribution < 1.29 is 19.1 Å². The molecule has 1 N–H and O–H groups in total. The van der Waals surface area contributed by atoms with Gasteiger partial charge in [-0.05, 0) is 48.9 Å². The highest BCUT2D eigenvalue weighted by molar-refractivity contribution is 5.93. The number of benzene rings is 1. The molecule has 0 unspecified atom stereocenters. The Morgan fingerprint density at radius 2 is 1.88 bits per heavy atom. The minimum absolute atomic E-state index is 0.0170. The molecular weight excluding hydrogens is 332 g/mol. The Morgan fingerprint density at radius 3 is 2.54 bits per heavy atom. The van der Waals surface area contributed by atoms with Crippen molar-refractivity contribution in [1.82, 2.24) is 4.90 Å². The topological polar surface area (TPSA) is 67.9 Å². The Kier molecular flexibility index (Phi) is 4.93. The van der Waals surface area contributed by atoms with Crippen LogP contribution >= 0.6 is 0 Å². The molecule has 2 bridgehead atoms. The van der Waals surface area contributed by atoms with Gasteiger partial charge in [0.2, 0.25) is 5.91 Å². The molecule has 1 saturated heterocycles. The highest BCUT2D eigenvalue weighted by Gasteiger charge is 2.39. The van der Waals surface area contributed by atoms with Gasteiger partial charge in [-0.1, -0.05) is 12.2 Å². The van der Waals surface area contributed by atoms with Crippen molar-refractivity contribution in [3.8, 4) is 5.75 Å². The lowest BCUT2D eigenvalue weighted by Gasteiger charge is -2.26. The van der Waals surface area contributed by atoms with E-state index >= 15 is 0 Å². The van der Waals surface area contributed by atoms with Gasteiger partial charge in [0.15, 0.2) is 6.61 Å². The second kappa shape index (κ2) is 7.50. The van der Waals surface area contributed by atoms with Crippen LogP contribution < -0.4 is 10.1 Å². The van der Waals surface area contributed by atoms with Gasteiger partial charge in [-0.2, -0.15) is 0 Å². The van der Waals surface area contributed by atoms with E-state index in [1.807, 2.05) is 12.1 Å². The van der Waals surface area contributed by atoms with Crippen molar-refractivity contribution in [3.05, 3.63) is 36.4 Å². The van der Waals surface area contributed by atoms with Gasteiger partial charge in [-0.3, -0.25) is 9.59 Å². The van der Waals surface area contributed by atoms with Crippen molar-refractivity contribution in [2.75, 3.05) is 38.2 Å². The average Bonchev–Trinajstić information content (AvgIpc) is 3.31. The molecular formula is C20H24N2O4. The number of nitrogens with one attached hydrogen (secondary N) is 1. The Bertz CT molecular complexity index is 694. The van der Waals surface area contributed by atoms with Crippen LogP contribution in [-0.2, 0) is 14.3 Å². The number of allylic oxidation sites excluding steroid dienone is 2. The molecule has 6 nitrogen and oxygen atoms in total. The molecule has 26 heavy (non-hydrogen) atoms. The molecule has 4 rings (SSSR count). The summed E-state index contributed by atoms with van der Waals surface area (Å²) < 4.78 is 10.8. The summed E-state index contributed by atoms with van der Waals surface area (Å²) >= 11 is 0. The fourth-order valence-electron chi connectivity index (χ4n) is 4.00. The quantitative estimate of drug-likeness (QED) is 0.820. The number of nitrogens with zero attached hydrogens (tertiary/aromatic N) is 1. The molecule has 1 heterocycles. The zero-order chi connectivity index (χ0) is 17.9. The van der Waals surface area contributed by atoms with Gasteiger partial charge < -0.3 is 19.7 Å². The number of hydrogen-bond donors (Lipinski definition) is 1. The third-order valence-electron chi connectivity index (χ3n) is 5.46. The molecule has 0 spiro atoms. The molecule has 6 heteroatoms. The molecule has 0 aromatic heterocycles. The summed E-state index contributed by atoms with van der Waals surface area (Å²) in [5.41, 5.74) is 0.758. The van der Waals surface area contributed by atoms with Crippen molar-refractivity contribution in [3.63, 3.8) is 0 Å². The summed E-state index contributed by atoms with van der Waals surface area (Å²) in [4.78, 5) is 26.3. The first-order valence-corrected chi connectivity index (χ1v) is 9.26. The van der Waals surface area contributed by atoms with Crippen molar-refractivity contribution >= 4 is 17.5 Å². The second-order valence-corrected chi connectivity index (χ2v) is 7.18. The fourth-order valence-corrected chi connectivity index (χ4v) is 4.00. The maximum absolute atomic E-state index is 12.4. The van der Waals surface area contributed by atoms with Crippen LogP contribution in [0.15, 0.2) is 36.4 Å². The van der Waals surface area contributed by atoms with Gasteiger partial charge in [0.05, 0.1) is 13.2 Å². The van der Waals surface area contributed by atoms with E-state index in [1.54, 1.807) is 17.0 Å². The lowest BCUT2D eigenvalue weighted by molar-refractivity contribution is -0.137. The number of morpholine rings is 1. The van der Waals surface area contributed by atoms with E-state index in [9.17, 15) is 9.59 Å². The number of ether oxygens (including phenoxy) is 2. The summed E-state index contributed by atoms with van der Waals surface area (Å²) in [5.74, 6) is 1.75. The van der Waals surface area contributed by atoms with Crippen LogP contribution in [0, 0.1) is 17.8 Å². The van der Waals surface area contributed by atoms with Crippen molar-refractivity contribution in [2.24, 2.45) is 17.8 Å². The third-order valence-corrected chi connectivity index (χ3v) is 5.46. The number of hydrogen-bond acceptors (Lipinski definition) is 4. The molecule has 138 valence electrons. The van der Waals surface area contributed by atoms with E-state index in [1.165, 1.54) is 0 Å². The first-order chi connectivity index (χ1) is 12.7. The van der Waals surface area contributed by atoms with E-state index < -0.39 is 0 Å². The van der Waals surface area contributed by atoms with Crippen LogP contribution in [0.4, 0.5) is 5.69 Å². The molecule has 2 aliphatic carbocycles. The monoisotopic (exact) mass is 356 g/mol. The maximum atomic E-state index is 12.4. The molecule has 1 aliphatic heterocycles. The first-order valence-electron chi connectivity index (χ1n) is 9.26. The number of anilines is 1. The smallest absolute Gasteiger partial charge is 0.260 e. The number of carbonyl (C=O) groups excluding carboxylic acids is 2. The van der Waals surface area contributed by atoms with E-state index in [0.717, 1.165) is 18.5 Å². The van der Waals surface area contributed by atoms with E-state index in [0.29, 0.717) is 43.9 Å². The predicted octanol–water partition coefficient (Wildman–Crippen LogP) is 2.07. The van der Waals surface area contributed by atoms with Gasteiger partial charge in [0.1, 0.15) is 5.75 Å². The highest BCUT2D eigenvalue weighted by Crippen LogP contribution is 2.43. The Hall–Kier alpha value is -2.34. The largest absolute Gasteiger partial charge is 0.484 e. The lowest BCUT2D eigenvalue weighted by atomic mass is 9.93. The standard InChI is InChI=1S/C20H24N2O4/c23-19(22-7-9-25-10-8-22)13-26-17-5-3-16(4-6-17)21-20(24)18-12-14-1-2-15(18)11-14/h1-6,14-15,18H,7-13H2,(H,21,24)/t14-,15+,18-/m1/s1. The van der Waals surface area contributed by atoms with E-state index in [2.05, 4.69) is 17.5 Å². The zero-order valence-corrected chi connectivity index (χ0v) is 14.7. The fraction of sp³-hybridized carbons (Fsp3) is 0.500. The third kappa shape index (κ3) is 3.75. The summed E-state index contributed by atoms with van der Waals surface area (Å²) in [5, 5.41) is 3.00. The van der Waals surface area contributed by atoms with Crippen molar-refractivity contribution in [1.29, 1.82) is 0 Å². The van der Waals surface area contributed by atoms with Crippen LogP contribution in [0.3, 0.4) is 0 Å². The molecule has 1 aromatic rings. The zero-order valence-electron chi connectivity index (χ0n) is 14.7. The van der Waals surface area contributed by atoms with Gasteiger partial charge in [0, 0.05) is 24.7 Å². The highest BCUT2D eigenvalue weighted by atomic mass is 16.5. The van der Waals surface area contributed by atoms with Gasteiger partial charge in [0.25, 0.3) is 5.91 Å². The number of amides is 2. The minimum atomic E-state index is -0.0324. The molecule has 1 saturated carbocycles. The second-order valence-electron chi connectivity index (χ2n) is 7.18. The Morgan fingerprint density at radius 1 is 1.12 bits per heavy atom. The molecule has 2 amide bonds. The summed E-state index contributed by atoms with van der Waals surface area (Å²) in [6.45, 7) is 2.41. The predicted molar refractivity (Wildman–Crippen MR) is 96.8 cm³/mol. The molecule has 3 atom stereocenters. The summed E-state index contributed by atoms with van der Waals surface area (Å²) in [7, 11) is 0. The van der Waals surface area contributed by atoms with Crippen LogP contribution in [0.1, 0.15) is 12.8 Å².